The van der Waals surface area contributed by atoms with Gasteiger partial charge < -0.3 is 9.84 Å². The van der Waals surface area contributed by atoms with E-state index in [1.54, 1.807) is 12.1 Å². The molecule has 18 heavy (non-hydrogen) atoms. The number of hydrogen-bond donors (Lipinski definition) is 1. The summed E-state index contributed by atoms with van der Waals surface area (Å²) in [5.74, 6) is -0.421. The molecule has 0 radical (unpaired) electrons. The molecule has 0 spiro atoms. The van der Waals surface area contributed by atoms with Crippen molar-refractivity contribution in [3.63, 3.8) is 0 Å². The highest BCUT2D eigenvalue weighted by molar-refractivity contribution is 5.87. The van der Waals surface area contributed by atoms with Crippen molar-refractivity contribution in [2.75, 3.05) is 6.61 Å². The predicted octanol–water partition coefficient (Wildman–Crippen LogP) is 3.09. The van der Waals surface area contributed by atoms with Crippen LogP contribution in [0.1, 0.15) is 37.0 Å². The maximum atomic E-state index is 10.8. The van der Waals surface area contributed by atoms with Crippen LogP contribution in [-0.2, 0) is 0 Å². The predicted molar refractivity (Wildman–Crippen MR) is 67.5 cm³/mol. The molecule has 0 aliphatic heterocycles. The van der Waals surface area contributed by atoms with E-state index in [9.17, 15) is 4.79 Å². The first-order valence-electron chi connectivity index (χ1n) is 5.82. The first-order valence-corrected chi connectivity index (χ1v) is 5.82. The van der Waals surface area contributed by atoms with Gasteiger partial charge in [-0.25, -0.2) is 4.79 Å². The number of benzene rings is 1. The monoisotopic (exact) mass is 247 g/mol. The topological polar surface area (TPSA) is 70.3 Å². The Morgan fingerprint density at radius 3 is 2.83 bits per heavy atom. The normalized spacial score (nSPS) is 10.7. The Hall–Kier alpha value is -2.02. The summed E-state index contributed by atoms with van der Waals surface area (Å²) < 4.78 is 5.46. The zero-order valence-electron chi connectivity index (χ0n) is 10.6. The molecule has 4 heteroatoms. The number of hydrogen-bond acceptors (Lipinski definition) is 3. The lowest BCUT2D eigenvalue weighted by atomic mass is 9.90. The molecule has 0 bridgehead atoms. The molecular formula is C14H17NO3. The van der Waals surface area contributed by atoms with E-state index in [1.807, 2.05) is 13.8 Å². The molecule has 4 nitrogen and oxygen atoms in total. The SMILES string of the molecule is CC(C)(C#N)CCCOc1cccc(C(=O)O)c1. The van der Waals surface area contributed by atoms with Gasteiger partial charge >= 0.3 is 5.97 Å². The summed E-state index contributed by atoms with van der Waals surface area (Å²) >= 11 is 0. The van der Waals surface area contributed by atoms with Gasteiger partial charge in [0.25, 0.3) is 0 Å². The molecule has 0 amide bonds. The highest BCUT2D eigenvalue weighted by Crippen LogP contribution is 2.21. The summed E-state index contributed by atoms with van der Waals surface area (Å²) in [5, 5.41) is 17.7. The maximum absolute atomic E-state index is 10.8. The fourth-order valence-corrected chi connectivity index (χ4v) is 1.48. The molecule has 0 aromatic heterocycles. The van der Waals surface area contributed by atoms with Gasteiger partial charge in [-0.3, -0.25) is 0 Å². The molecule has 0 aliphatic rings. The third-order valence-electron chi connectivity index (χ3n) is 2.60. The number of carboxylic acid groups (broad SMARTS) is 1. The van der Waals surface area contributed by atoms with Crippen LogP contribution < -0.4 is 4.74 Å². The van der Waals surface area contributed by atoms with Gasteiger partial charge in [0.1, 0.15) is 5.75 Å². The summed E-state index contributed by atoms with van der Waals surface area (Å²) in [6, 6.07) is 8.63. The van der Waals surface area contributed by atoms with Gasteiger partial charge in [0, 0.05) is 0 Å². The van der Waals surface area contributed by atoms with Crippen LogP contribution in [-0.4, -0.2) is 17.7 Å². The van der Waals surface area contributed by atoms with Gasteiger partial charge in [-0.1, -0.05) is 6.07 Å². The molecule has 0 saturated carbocycles. The summed E-state index contributed by atoms with van der Waals surface area (Å²) in [7, 11) is 0. The fourth-order valence-electron chi connectivity index (χ4n) is 1.48. The van der Waals surface area contributed by atoms with Gasteiger partial charge in [0.05, 0.1) is 23.7 Å². The van der Waals surface area contributed by atoms with E-state index in [1.165, 1.54) is 12.1 Å². The second-order valence-corrected chi connectivity index (χ2v) is 4.78. The Labute approximate surface area is 107 Å². The van der Waals surface area contributed by atoms with Crippen LogP contribution in [0, 0.1) is 16.7 Å². The van der Waals surface area contributed by atoms with Crippen molar-refractivity contribution in [3.8, 4) is 11.8 Å². The van der Waals surface area contributed by atoms with Crippen LogP contribution in [0.25, 0.3) is 0 Å². The highest BCUT2D eigenvalue weighted by atomic mass is 16.5. The maximum Gasteiger partial charge on any atom is 0.335 e. The number of aromatic carboxylic acids is 1. The standard InChI is InChI=1S/C14H17NO3/c1-14(2,10-15)7-4-8-18-12-6-3-5-11(9-12)13(16)17/h3,5-6,9H,4,7-8H2,1-2H3,(H,16,17). The van der Waals surface area contributed by atoms with Crippen molar-refractivity contribution in [1.82, 2.24) is 0 Å². The van der Waals surface area contributed by atoms with Crippen molar-refractivity contribution in [2.45, 2.75) is 26.7 Å². The second-order valence-electron chi connectivity index (χ2n) is 4.78. The van der Waals surface area contributed by atoms with Crippen LogP contribution in [0.4, 0.5) is 0 Å². The largest absolute Gasteiger partial charge is 0.494 e. The van der Waals surface area contributed by atoms with Crippen molar-refractivity contribution in [2.24, 2.45) is 5.41 Å². The zero-order chi connectivity index (χ0) is 13.6. The van der Waals surface area contributed by atoms with Crippen molar-refractivity contribution < 1.29 is 14.6 Å². The first kappa shape index (κ1) is 14.0. The number of carboxylic acids is 1. The third kappa shape index (κ3) is 4.46. The lowest BCUT2D eigenvalue weighted by Gasteiger charge is -2.14. The molecule has 96 valence electrons. The summed E-state index contributed by atoms with van der Waals surface area (Å²) in [6.07, 6.45) is 1.51. The molecule has 1 aromatic rings. The average molecular weight is 247 g/mol. The van der Waals surface area contributed by atoms with Crippen LogP contribution >= 0.6 is 0 Å². The van der Waals surface area contributed by atoms with Crippen molar-refractivity contribution >= 4 is 5.97 Å². The highest BCUT2D eigenvalue weighted by Gasteiger charge is 2.15. The summed E-state index contributed by atoms with van der Waals surface area (Å²) in [6.45, 7) is 4.25. The van der Waals surface area contributed by atoms with E-state index in [0.717, 1.165) is 12.8 Å². The molecule has 0 fully saturated rings. The van der Waals surface area contributed by atoms with Crippen LogP contribution in [0.5, 0.6) is 5.75 Å². The van der Waals surface area contributed by atoms with Gasteiger partial charge in [-0.15, -0.1) is 0 Å². The minimum atomic E-state index is -0.967. The van der Waals surface area contributed by atoms with E-state index in [-0.39, 0.29) is 11.0 Å². The molecule has 1 N–H and O–H groups in total. The molecule has 1 rings (SSSR count). The van der Waals surface area contributed by atoms with Gasteiger partial charge in [0.2, 0.25) is 0 Å². The van der Waals surface area contributed by atoms with Crippen molar-refractivity contribution in [3.05, 3.63) is 29.8 Å². The molecule has 0 unspecified atom stereocenters. The molecule has 0 heterocycles. The van der Waals surface area contributed by atoms with Crippen LogP contribution in [0.15, 0.2) is 24.3 Å². The number of nitrogens with zero attached hydrogens (tertiary/aromatic N) is 1. The van der Waals surface area contributed by atoms with Crippen LogP contribution in [0.2, 0.25) is 0 Å². The third-order valence-corrected chi connectivity index (χ3v) is 2.60. The van der Waals surface area contributed by atoms with Gasteiger partial charge in [-0.05, 0) is 44.9 Å². The smallest absolute Gasteiger partial charge is 0.335 e. The van der Waals surface area contributed by atoms with E-state index in [2.05, 4.69) is 6.07 Å². The van der Waals surface area contributed by atoms with Crippen molar-refractivity contribution in [1.29, 1.82) is 5.26 Å². The minimum absolute atomic E-state index is 0.213. The Morgan fingerprint density at radius 2 is 2.22 bits per heavy atom. The van der Waals surface area contributed by atoms with E-state index < -0.39 is 5.97 Å². The summed E-state index contributed by atoms with van der Waals surface area (Å²) in [4.78, 5) is 10.8. The zero-order valence-corrected chi connectivity index (χ0v) is 10.6. The Bertz CT molecular complexity index is 460. The molecular weight excluding hydrogens is 230 g/mol. The first-order chi connectivity index (χ1) is 8.44. The lowest BCUT2D eigenvalue weighted by Crippen LogP contribution is -2.10. The summed E-state index contributed by atoms with van der Waals surface area (Å²) in [5.41, 5.74) is -0.128. The second kappa shape index (κ2) is 6.06. The number of rotatable bonds is 6. The molecule has 1 aromatic carbocycles. The van der Waals surface area contributed by atoms with E-state index in [0.29, 0.717) is 12.4 Å². The average Bonchev–Trinajstić information content (AvgIpc) is 2.35. The van der Waals surface area contributed by atoms with Crippen LogP contribution in [0.3, 0.4) is 0 Å². The lowest BCUT2D eigenvalue weighted by molar-refractivity contribution is 0.0696. The molecule has 0 saturated heterocycles. The molecule has 0 atom stereocenters. The number of nitriles is 1. The Balaban J connectivity index is 2.43. The number of carbonyl (C=O) groups is 1. The quantitative estimate of drug-likeness (QED) is 0.784. The fraction of sp³-hybridized carbons (Fsp3) is 0.429. The number of ether oxygens (including phenoxy) is 1. The van der Waals surface area contributed by atoms with E-state index in [4.69, 9.17) is 15.1 Å². The molecule has 0 aliphatic carbocycles. The van der Waals surface area contributed by atoms with Gasteiger partial charge in [0.15, 0.2) is 0 Å². The Morgan fingerprint density at radius 1 is 1.50 bits per heavy atom. The van der Waals surface area contributed by atoms with Gasteiger partial charge in [-0.2, -0.15) is 5.26 Å². The minimum Gasteiger partial charge on any atom is -0.494 e. The van der Waals surface area contributed by atoms with E-state index >= 15 is 0 Å². The Kier molecular flexibility index (Phi) is 4.73.